The van der Waals surface area contributed by atoms with Crippen LogP contribution in [0.1, 0.15) is 17.6 Å². The third-order valence-electron chi connectivity index (χ3n) is 1.91. The number of hydrogen-bond acceptors (Lipinski definition) is 3. The van der Waals surface area contributed by atoms with Gasteiger partial charge in [-0.05, 0) is 24.6 Å². The fourth-order valence-electron chi connectivity index (χ4n) is 1.38. The van der Waals surface area contributed by atoms with Crippen molar-refractivity contribution in [2.45, 2.75) is 13.3 Å². The molecule has 1 heterocycles. The SMILES string of the molecule is Cc1cc(C(F)F)c2oc(N)nc2c1. The molecule has 0 aliphatic heterocycles. The van der Waals surface area contributed by atoms with Gasteiger partial charge in [-0.3, -0.25) is 0 Å². The molecule has 0 fully saturated rings. The van der Waals surface area contributed by atoms with Crippen LogP contribution in [0, 0.1) is 6.92 Å². The van der Waals surface area contributed by atoms with Crippen LogP contribution in [0.5, 0.6) is 0 Å². The molecule has 0 aliphatic carbocycles. The van der Waals surface area contributed by atoms with Gasteiger partial charge in [-0.15, -0.1) is 0 Å². The number of alkyl halides is 2. The number of benzene rings is 1. The molecule has 0 saturated heterocycles. The molecule has 0 unspecified atom stereocenters. The zero-order valence-electron chi connectivity index (χ0n) is 7.42. The molecule has 0 amide bonds. The Bertz CT molecular complexity index is 479. The summed E-state index contributed by atoms with van der Waals surface area (Å²) < 4.78 is 30.0. The van der Waals surface area contributed by atoms with Gasteiger partial charge in [-0.1, -0.05) is 0 Å². The minimum absolute atomic E-state index is 0.0723. The Morgan fingerprint density at radius 3 is 2.79 bits per heavy atom. The molecule has 0 aliphatic rings. The second kappa shape index (κ2) is 2.94. The summed E-state index contributed by atoms with van der Waals surface area (Å²) in [5.74, 6) is 0. The second-order valence-electron chi connectivity index (χ2n) is 3.06. The standard InChI is InChI=1S/C9H8F2N2O/c1-4-2-5(8(10)11)7-6(3-4)13-9(12)14-7/h2-3,8H,1H3,(H2,12,13). The largest absolute Gasteiger partial charge is 0.423 e. The Morgan fingerprint density at radius 2 is 2.14 bits per heavy atom. The number of nitrogens with two attached hydrogens (primary N) is 1. The average molecular weight is 198 g/mol. The number of anilines is 1. The number of halogens is 2. The Kier molecular flexibility index (Phi) is 1.87. The maximum absolute atomic E-state index is 12.6. The quantitative estimate of drug-likeness (QED) is 0.766. The fourth-order valence-corrected chi connectivity index (χ4v) is 1.38. The maximum atomic E-state index is 12.6. The van der Waals surface area contributed by atoms with E-state index >= 15 is 0 Å². The van der Waals surface area contributed by atoms with E-state index in [1.165, 1.54) is 6.07 Å². The number of rotatable bonds is 1. The molecule has 14 heavy (non-hydrogen) atoms. The van der Waals surface area contributed by atoms with Crippen molar-refractivity contribution >= 4 is 17.1 Å². The summed E-state index contributed by atoms with van der Waals surface area (Å²) in [7, 11) is 0. The molecule has 3 nitrogen and oxygen atoms in total. The van der Waals surface area contributed by atoms with E-state index in [0.29, 0.717) is 11.1 Å². The van der Waals surface area contributed by atoms with Gasteiger partial charge in [0, 0.05) is 0 Å². The number of hydrogen-bond donors (Lipinski definition) is 1. The van der Waals surface area contributed by atoms with Gasteiger partial charge in [0.05, 0.1) is 5.56 Å². The van der Waals surface area contributed by atoms with E-state index in [2.05, 4.69) is 4.98 Å². The minimum atomic E-state index is -2.58. The van der Waals surface area contributed by atoms with Gasteiger partial charge in [0.15, 0.2) is 5.58 Å². The van der Waals surface area contributed by atoms with E-state index in [1.54, 1.807) is 13.0 Å². The predicted molar refractivity (Wildman–Crippen MR) is 48.1 cm³/mol. The van der Waals surface area contributed by atoms with Crippen LogP contribution in [0.4, 0.5) is 14.8 Å². The van der Waals surface area contributed by atoms with Crippen LogP contribution in [0.15, 0.2) is 16.5 Å². The highest BCUT2D eigenvalue weighted by Gasteiger charge is 2.16. The van der Waals surface area contributed by atoms with Crippen molar-refractivity contribution in [1.29, 1.82) is 0 Å². The highest BCUT2D eigenvalue weighted by molar-refractivity contribution is 5.79. The number of aryl methyl sites for hydroxylation is 1. The van der Waals surface area contributed by atoms with Crippen LogP contribution in [-0.4, -0.2) is 4.98 Å². The summed E-state index contributed by atoms with van der Waals surface area (Å²) >= 11 is 0. The van der Waals surface area contributed by atoms with Crippen molar-refractivity contribution in [2.24, 2.45) is 0 Å². The topological polar surface area (TPSA) is 52.0 Å². The van der Waals surface area contributed by atoms with Crippen LogP contribution in [0.3, 0.4) is 0 Å². The van der Waals surface area contributed by atoms with Gasteiger partial charge >= 0.3 is 0 Å². The molecule has 0 atom stereocenters. The smallest absolute Gasteiger partial charge is 0.292 e. The lowest BCUT2D eigenvalue weighted by molar-refractivity contribution is 0.152. The van der Waals surface area contributed by atoms with Crippen LogP contribution in [0.2, 0.25) is 0 Å². The Morgan fingerprint density at radius 1 is 1.43 bits per heavy atom. The van der Waals surface area contributed by atoms with Gasteiger partial charge < -0.3 is 10.2 Å². The van der Waals surface area contributed by atoms with E-state index in [9.17, 15) is 8.78 Å². The monoisotopic (exact) mass is 198 g/mol. The van der Waals surface area contributed by atoms with Gasteiger partial charge in [0.1, 0.15) is 5.52 Å². The van der Waals surface area contributed by atoms with Crippen molar-refractivity contribution in [3.63, 3.8) is 0 Å². The zero-order valence-corrected chi connectivity index (χ0v) is 7.42. The van der Waals surface area contributed by atoms with Crippen LogP contribution >= 0.6 is 0 Å². The number of oxazole rings is 1. The average Bonchev–Trinajstić information content (AvgIpc) is 2.42. The van der Waals surface area contributed by atoms with Crippen molar-refractivity contribution in [3.05, 3.63) is 23.3 Å². The first-order valence-corrected chi connectivity index (χ1v) is 4.02. The Hall–Kier alpha value is -1.65. The molecular weight excluding hydrogens is 190 g/mol. The van der Waals surface area contributed by atoms with E-state index in [-0.39, 0.29) is 17.2 Å². The lowest BCUT2D eigenvalue weighted by Crippen LogP contribution is -1.86. The van der Waals surface area contributed by atoms with Gasteiger partial charge in [-0.25, -0.2) is 8.78 Å². The van der Waals surface area contributed by atoms with Crippen LogP contribution in [0.25, 0.3) is 11.1 Å². The number of fused-ring (bicyclic) bond motifs is 1. The van der Waals surface area contributed by atoms with Gasteiger partial charge in [-0.2, -0.15) is 4.98 Å². The van der Waals surface area contributed by atoms with E-state index in [1.807, 2.05) is 0 Å². The van der Waals surface area contributed by atoms with Crippen molar-refractivity contribution < 1.29 is 13.2 Å². The minimum Gasteiger partial charge on any atom is -0.423 e. The summed E-state index contributed by atoms with van der Waals surface area (Å²) in [4.78, 5) is 3.79. The highest BCUT2D eigenvalue weighted by atomic mass is 19.3. The lowest BCUT2D eigenvalue weighted by atomic mass is 10.1. The normalized spacial score (nSPS) is 11.4. The Balaban J connectivity index is 2.79. The summed E-state index contributed by atoms with van der Waals surface area (Å²) in [6, 6.07) is 2.94. The van der Waals surface area contributed by atoms with Gasteiger partial charge in [0.25, 0.3) is 12.4 Å². The Labute approximate surface area is 78.5 Å². The first kappa shape index (κ1) is 8.93. The summed E-state index contributed by atoms with van der Waals surface area (Å²) in [5.41, 5.74) is 6.28. The molecule has 0 radical (unpaired) electrons. The van der Waals surface area contributed by atoms with E-state index in [0.717, 1.165) is 0 Å². The molecule has 0 bridgehead atoms. The molecule has 1 aromatic heterocycles. The summed E-state index contributed by atoms with van der Waals surface area (Å²) in [6.45, 7) is 1.72. The number of aromatic nitrogens is 1. The van der Waals surface area contributed by atoms with Crippen molar-refractivity contribution in [3.8, 4) is 0 Å². The van der Waals surface area contributed by atoms with Crippen LogP contribution in [-0.2, 0) is 0 Å². The van der Waals surface area contributed by atoms with E-state index < -0.39 is 6.43 Å². The zero-order chi connectivity index (χ0) is 10.3. The second-order valence-corrected chi connectivity index (χ2v) is 3.06. The van der Waals surface area contributed by atoms with Crippen molar-refractivity contribution in [2.75, 3.05) is 5.73 Å². The molecule has 1 aromatic carbocycles. The lowest BCUT2D eigenvalue weighted by Gasteiger charge is -2.00. The first-order chi connectivity index (χ1) is 6.58. The number of nitrogen functional groups attached to an aromatic ring is 1. The van der Waals surface area contributed by atoms with Crippen LogP contribution < -0.4 is 5.73 Å². The molecule has 2 N–H and O–H groups in total. The third-order valence-corrected chi connectivity index (χ3v) is 1.91. The number of nitrogens with zero attached hydrogens (tertiary/aromatic N) is 1. The molecule has 0 saturated carbocycles. The molecule has 5 heteroatoms. The maximum Gasteiger partial charge on any atom is 0.292 e. The first-order valence-electron chi connectivity index (χ1n) is 4.02. The van der Waals surface area contributed by atoms with E-state index in [4.69, 9.17) is 10.2 Å². The van der Waals surface area contributed by atoms with Crippen molar-refractivity contribution in [1.82, 2.24) is 4.98 Å². The predicted octanol–water partition coefficient (Wildman–Crippen LogP) is 2.66. The highest BCUT2D eigenvalue weighted by Crippen LogP contribution is 2.30. The molecule has 74 valence electrons. The summed E-state index contributed by atoms with van der Waals surface area (Å²) in [5, 5.41) is 0. The van der Waals surface area contributed by atoms with Gasteiger partial charge in [0.2, 0.25) is 0 Å². The third kappa shape index (κ3) is 1.30. The molecular formula is C9H8F2N2O. The molecule has 0 spiro atoms. The molecule has 2 aromatic rings. The molecule has 2 rings (SSSR count). The summed E-state index contributed by atoms with van der Waals surface area (Å²) in [6.07, 6.45) is -2.58. The fraction of sp³-hybridized carbons (Fsp3) is 0.222.